The van der Waals surface area contributed by atoms with E-state index in [4.69, 9.17) is 49.5 Å². The van der Waals surface area contributed by atoms with Crippen LogP contribution in [0.2, 0.25) is 0 Å². The Bertz CT molecular complexity index is 3070. The number of nitrogens with two attached hydrogens (primary N) is 3. The van der Waals surface area contributed by atoms with Crippen LogP contribution < -0.4 is 22.8 Å². The number of hydrogen-bond donors (Lipinski definition) is 9. The van der Waals surface area contributed by atoms with Crippen molar-refractivity contribution in [2.75, 3.05) is 37.0 Å². The molecule has 12 N–H and O–H groups in total. The molecule has 32 nitrogen and oxygen atoms in total. The number of phosphoric acid groups is 3. The van der Waals surface area contributed by atoms with Crippen LogP contribution in [0.4, 0.5) is 30.8 Å². The lowest BCUT2D eigenvalue weighted by Crippen LogP contribution is -2.36. The standard InChI is InChI=1S/C30H35F3N15O17P3/c31-12-18(49)9(61-27(12)48-8-43-17-25(48)44-30(36)45-26(17)50)1-59-67(54,55)65-20-11(63-29(14(20)33)47-7-42-16-22(35)38-5-40-24(16)47)3-60-68(56,57)64-19-10(2-58-66(51,52)53)62-28(13(19)32)46-6-41-15-21(34)37-4-39-23(15)46/h4-14,18-20,27-29,49H,1-3H2,(H,54,55)(H,56,57)(H2,34,37,39)(H2,35,38,40)(H2,51,52,53)(H3,36,44,45,50)/t9-,10-,11-,12+,13+,14+,18?,19?,20?,27-,28-,29-/m1/s1. The third-order valence-electron chi connectivity index (χ3n) is 10.6. The third kappa shape index (κ3) is 9.20. The van der Waals surface area contributed by atoms with Crippen molar-refractivity contribution >= 4 is 74.5 Å². The smallest absolute Gasteiger partial charge is 0.387 e. The van der Waals surface area contributed by atoms with Gasteiger partial charge in [0.2, 0.25) is 5.95 Å². The van der Waals surface area contributed by atoms with Gasteiger partial charge >= 0.3 is 23.5 Å². The predicted octanol–water partition coefficient (Wildman–Crippen LogP) is -1.27. The second kappa shape index (κ2) is 18.0. The number of phosphoric ester groups is 3. The van der Waals surface area contributed by atoms with Crippen LogP contribution in [-0.4, -0.2) is 158 Å². The Labute approximate surface area is 373 Å². The number of halogens is 3. The van der Waals surface area contributed by atoms with Crippen LogP contribution >= 0.6 is 23.5 Å². The first-order valence-corrected chi connectivity index (χ1v) is 23.8. The Morgan fingerprint density at radius 3 is 1.54 bits per heavy atom. The highest BCUT2D eigenvalue weighted by Crippen LogP contribution is 2.53. The van der Waals surface area contributed by atoms with Crippen molar-refractivity contribution in [1.82, 2.24) is 58.6 Å². The van der Waals surface area contributed by atoms with Gasteiger partial charge in [0, 0.05) is 0 Å². The van der Waals surface area contributed by atoms with E-state index < -0.39 is 123 Å². The number of aromatic nitrogens is 12. The number of nitrogens with one attached hydrogen (secondary N) is 1. The van der Waals surface area contributed by atoms with E-state index in [1.807, 2.05) is 0 Å². The number of hydrogen-bond acceptors (Lipinski definition) is 24. The number of H-pyrrole nitrogens is 1. The van der Waals surface area contributed by atoms with Crippen LogP contribution in [-0.2, 0) is 50.5 Å². The lowest BCUT2D eigenvalue weighted by Gasteiger charge is -2.25. The zero-order valence-corrected chi connectivity index (χ0v) is 36.4. The molecule has 9 heterocycles. The maximum atomic E-state index is 16.6. The number of aromatic amines is 1. The molecule has 0 aliphatic carbocycles. The van der Waals surface area contributed by atoms with E-state index in [-0.39, 0.29) is 51.1 Å². The van der Waals surface area contributed by atoms with Crippen molar-refractivity contribution in [2.24, 2.45) is 0 Å². The molecule has 9 rings (SSSR count). The first-order valence-electron chi connectivity index (χ1n) is 19.3. The van der Waals surface area contributed by atoms with Gasteiger partial charge in [-0.05, 0) is 0 Å². The number of aliphatic hydroxyl groups is 1. The third-order valence-corrected chi connectivity index (χ3v) is 13.1. The van der Waals surface area contributed by atoms with E-state index in [1.165, 1.54) is 0 Å². The Morgan fingerprint density at radius 2 is 1.04 bits per heavy atom. The molecule has 6 aromatic rings. The van der Waals surface area contributed by atoms with Gasteiger partial charge in [0.05, 0.1) is 38.8 Å². The van der Waals surface area contributed by atoms with E-state index in [0.717, 1.165) is 45.3 Å². The summed E-state index contributed by atoms with van der Waals surface area (Å²) >= 11 is 0. The summed E-state index contributed by atoms with van der Waals surface area (Å²) in [6, 6.07) is 0. The largest absolute Gasteiger partial charge is 0.472 e. The van der Waals surface area contributed by atoms with Crippen LogP contribution in [0.25, 0.3) is 33.5 Å². The van der Waals surface area contributed by atoms with Crippen LogP contribution in [0.1, 0.15) is 18.7 Å². The molecule has 3 saturated heterocycles. The second-order valence-electron chi connectivity index (χ2n) is 14.9. The summed E-state index contributed by atoms with van der Waals surface area (Å²) in [6.45, 7) is -3.47. The molecule has 368 valence electrons. The SMILES string of the molecule is Nc1nc2c(ncn2[C@@H]2O[C@H](COP(=O)(O)OC3[C@@H](COP(=O)(O)OC4[C@@H](COP(=O)(O)O)O[C@@H](n5cnc6c(N)ncnc65)[C@H]4F)O[C@@H](n4cnc5c(N)ncnc54)[C@H]3F)C(O)[C@@H]2F)c(=O)[nH]1. The number of nitrogens with zero attached hydrogens (tertiary/aromatic N) is 11. The number of anilines is 3. The fourth-order valence-corrected chi connectivity index (χ4v) is 9.79. The van der Waals surface area contributed by atoms with E-state index in [2.05, 4.69) is 49.4 Å². The Balaban J connectivity index is 0.927. The molecule has 0 saturated carbocycles. The number of ether oxygens (including phenoxy) is 3. The summed E-state index contributed by atoms with van der Waals surface area (Å²) in [5.41, 5.74) is 15.8. The second-order valence-corrected chi connectivity index (χ2v) is 19.0. The van der Waals surface area contributed by atoms with Crippen molar-refractivity contribution in [3.05, 3.63) is 42.0 Å². The van der Waals surface area contributed by atoms with Crippen LogP contribution in [0, 0.1) is 0 Å². The number of nitrogen functional groups attached to an aromatic ring is 3. The summed E-state index contributed by atoms with van der Waals surface area (Å²) in [5, 5.41) is 10.7. The molecule has 6 aromatic heterocycles. The normalized spacial score (nSPS) is 30.7. The molecule has 3 fully saturated rings. The van der Waals surface area contributed by atoms with Crippen LogP contribution in [0.15, 0.2) is 36.4 Å². The minimum Gasteiger partial charge on any atom is -0.387 e. The quantitative estimate of drug-likeness (QED) is 0.0510. The van der Waals surface area contributed by atoms with Gasteiger partial charge in [0.1, 0.15) is 60.3 Å². The molecular formula is C30H35F3N15O17P3. The van der Waals surface area contributed by atoms with Gasteiger partial charge in [0.15, 0.2) is 71.3 Å². The number of rotatable bonds is 16. The first kappa shape index (κ1) is 47.9. The summed E-state index contributed by atoms with van der Waals surface area (Å²) in [5.74, 6) is -0.611. The average molecular weight is 1030 g/mol. The summed E-state index contributed by atoms with van der Waals surface area (Å²) in [7, 11) is -16.5. The molecule has 0 aromatic carbocycles. The van der Waals surface area contributed by atoms with Gasteiger partial charge in [-0.15, -0.1) is 0 Å². The Hall–Kier alpha value is -5.19. The maximum absolute atomic E-state index is 16.6. The van der Waals surface area contributed by atoms with Gasteiger partial charge in [-0.25, -0.2) is 61.8 Å². The zero-order valence-electron chi connectivity index (χ0n) is 33.7. The Morgan fingerprint density at radius 1 is 0.618 bits per heavy atom. The van der Waals surface area contributed by atoms with E-state index in [1.54, 1.807) is 0 Å². The summed E-state index contributed by atoms with van der Waals surface area (Å²) in [6.07, 6.45) is -19.7. The monoisotopic (exact) mass is 1030 g/mol. The predicted molar refractivity (Wildman–Crippen MR) is 214 cm³/mol. The van der Waals surface area contributed by atoms with Crippen molar-refractivity contribution in [3.8, 4) is 0 Å². The highest BCUT2D eigenvalue weighted by Gasteiger charge is 2.54. The van der Waals surface area contributed by atoms with E-state index >= 15 is 13.2 Å². The molecule has 0 spiro atoms. The Kier molecular flexibility index (Phi) is 12.6. The molecule has 0 radical (unpaired) electrons. The topological polar surface area (TPSA) is 455 Å². The van der Waals surface area contributed by atoms with Crippen molar-refractivity contribution in [1.29, 1.82) is 0 Å². The van der Waals surface area contributed by atoms with Crippen molar-refractivity contribution < 1.29 is 88.4 Å². The van der Waals surface area contributed by atoms with Crippen molar-refractivity contribution in [3.63, 3.8) is 0 Å². The van der Waals surface area contributed by atoms with Crippen LogP contribution in [0.3, 0.4) is 0 Å². The van der Waals surface area contributed by atoms with Crippen molar-refractivity contribution in [2.45, 2.75) is 73.8 Å². The molecular weight excluding hydrogens is 992 g/mol. The van der Waals surface area contributed by atoms with Gasteiger partial charge in [-0.3, -0.25) is 46.1 Å². The van der Waals surface area contributed by atoms with Gasteiger partial charge in [-0.1, -0.05) is 0 Å². The van der Waals surface area contributed by atoms with E-state index in [0.29, 0.717) is 0 Å². The molecule has 14 atom stereocenters. The summed E-state index contributed by atoms with van der Waals surface area (Å²) < 4.78 is 132. The fraction of sp³-hybridized carbons (Fsp3) is 0.500. The first-order chi connectivity index (χ1) is 32.1. The fourth-order valence-electron chi connectivity index (χ4n) is 7.54. The molecule has 0 amide bonds. The van der Waals surface area contributed by atoms with Crippen LogP contribution in [0.5, 0.6) is 0 Å². The molecule has 3 aliphatic heterocycles. The molecule has 5 unspecified atom stereocenters. The lowest BCUT2D eigenvalue weighted by atomic mass is 10.1. The van der Waals surface area contributed by atoms with Gasteiger partial charge in [0.25, 0.3) is 5.56 Å². The molecule has 3 aliphatic rings. The average Bonchev–Trinajstić information content (AvgIpc) is 4.13. The van der Waals surface area contributed by atoms with E-state index in [9.17, 15) is 43.2 Å². The number of alkyl halides is 3. The molecule has 38 heteroatoms. The molecule has 0 bridgehead atoms. The zero-order chi connectivity index (χ0) is 48.6. The number of aliphatic hydroxyl groups excluding tert-OH is 1. The number of imidazole rings is 3. The number of fused-ring (bicyclic) bond motifs is 3. The van der Waals surface area contributed by atoms with Gasteiger partial charge < -0.3 is 56.1 Å². The summed E-state index contributed by atoms with van der Waals surface area (Å²) in [4.78, 5) is 86.3. The minimum absolute atomic E-state index is 0.00292. The maximum Gasteiger partial charge on any atom is 0.472 e. The molecule has 68 heavy (non-hydrogen) atoms. The minimum atomic E-state index is -5.64. The highest BCUT2D eigenvalue weighted by molar-refractivity contribution is 7.47. The highest BCUT2D eigenvalue weighted by atomic mass is 31.2. The lowest BCUT2D eigenvalue weighted by molar-refractivity contribution is -0.0603. The van der Waals surface area contributed by atoms with Gasteiger partial charge in [-0.2, -0.15) is 4.98 Å².